The molecule has 27 heavy (non-hydrogen) atoms. The van der Waals surface area contributed by atoms with Crippen molar-refractivity contribution in [3.8, 4) is 0 Å². The van der Waals surface area contributed by atoms with E-state index in [0.29, 0.717) is 42.7 Å². The molecule has 0 aliphatic carbocycles. The molecule has 1 aliphatic heterocycles. The normalized spacial score (nSPS) is 14.0. The molecule has 1 saturated heterocycles. The van der Waals surface area contributed by atoms with E-state index in [2.05, 4.69) is 15.6 Å². The van der Waals surface area contributed by atoms with Gasteiger partial charge < -0.3 is 15.1 Å². The Balaban J connectivity index is 1.55. The molecule has 1 aliphatic rings. The first-order valence-corrected chi connectivity index (χ1v) is 9.45. The van der Waals surface area contributed by atoms with Gasteiger partial charge in [0.15, 0.2) is 5.13 Å². The van der Waals surface area contributed by atoms with E-state index in [1.54, 1.807) is 21.2 Å². The Labute approximate surface area is 161 Å². The maximum Gasteiger partial charge on any atom is 0.325 e. The van der Waals surface area contributed by atoms with Gasteiger partial charge in [0.05, 0.1) is 0 Å². The highest BCUT2D eigenvalue weighted by molar-refractivity contribution is 7.14. The Morgan fingerprint density at radius 2 is 1.78 bits per heavy atom. The molecule has 142 valence electrons. The maximum atomic E-state index is 12.5. The number of hydrogen-bond acceptors (Lipinski definition) is 5. The molecule has 0 unspecified atom stereocenters. The maximum absolute atomic E-state index is 12.5. The lowest BCUT2D eigenvalue weighted by atomic mass is 10.2. The van der Waals surface area contributed by atoms with Crippen LogP contribution in [0.4, 0.5) is 15.6 Å². The van der Waals surface area contributed by atoms with Crippen molar-refractivity contribution in [2.45, 2.75) is 13.8 Å². The predicted octanol–water partition coefficient (Wildman–Crippen LogP) is 2.40. The first-order valence-electron chi connectivity index (χ1n) is 8.57. The number of thiazole rings is 1. The number of benzene rings is 1. The number of carbonyl (C=O) groups is 3. The number of aromatic nitrogens is 1. The molecular weight excluding hydrogens is 366 g/mol. The average Bonchev–Trinajstić information content (AvgIpc) is 3.09. The zero-order valence-electron chi connectivity index (χ0n) is 15.2. The number of rotatable bonds is 3. The number of carbonyl (C=O) groups excluding carboxylic acids is 3. The van der Waals surface area contributed by atoms with Crippen LogP contribution in [0.5, 0.6) is 0 Å². The molecule has 4 amide bonds. The van der Waals surface area contributed by atoms with Crippen LogP contribution in [0.1, 0.15) is 23.0 Å². The highest BCUT2D eigenvalue weighted by Crippen LogP contribution is 2.18. The third-order valence-electron chi connectivity index (χ3n) is 4.23. The van der Waals surface area contributed by atoms with Gasteiger partial charge in [-0.2, -0.15) is 0 Å². The highest BCUT2D eigenvalue weighted by atomic mass is 32.1. The van der Waals surface area contributed by atoms with Crippen LogP contribution < -0.4 is 10.6 Å². The van der Waals surface area contributed by atoms with Gasteiger partial charge in [-0.05, 0) is 24.6 Å². The summed E-state index contributed by atoms with van der Waals surface area (Å²) in [6.45, 7) is 5.47. The van der Waals surface area contributed by atoms with Gasteiger partial charge in [0.25, 0.3) is 5.91 Å². The largest absolute Gasteiger partial charge is 0.339 e. The number of nitrogens with one attached hydrogen (secondary N) is 2. The summed E-state index contributed by atoms with van der Waals surface area (Å²) in [5.41, 5.74) is 2.02. The summed E-state index contributed by atoms with van der Waals surface area (Å²) in [7, 11) is 0. The zero-order chi connectivity index (χ0) is 19.4. The number of nitrogens with zero attached hydrogens (tertiary/aromatic N) is 3. The topological polar surface area (TPSA) is 94.6 Å². The molecule has 8 nitrogen and oxygen atoms in total. The van der Waals surface area contributed by atoms with Gasteiger partial charge >= 0.3 is 6.03 Å². The third kappa shape index (κ3) is 4.82. The quantitative estimate of drug-likeness (QED) is 0.845. The second-order valence-electron chi connectivity index (χ2n) is 6.28. The number of aryl methyl sites for hydroxylation is 1. The van der Waals surface area contributed by atoms with Gasteiger partial charge in [0, 0.05) is 44.2 Å². The molecule has 1 fully saturated rings. The molecule has 0 spiro atoms. The molecule has 2 N–H and O–H groups in total. The van der Waals surface area contributed by atoms with Crippen LogP contribution in [-0.2, 0) is 4.79 Å². The second kappa shape index (κ2) is 8.17. The van der Waals surface area contributed by atoms with E-state index in [1.807, 2.05) is 25.1 Å². The minimum atomic E-state index is -0.413. The molecule has 3 rings (SSSR count). The summed E-state index contributed by atoms with van der Waals surface area (Å²) in [6.07, 6.45) is 0. The van der Waals surface area contributed by atoms with E-state index in [0.717, 1.165) is 5.56 Å². The van der Waals surface area contributed by atoms with Crippen LogP contribution in [0, 0.1) is 6.92 Å². The van der Waals surface area contributed by atoms with Gasteiger partial charge in [-0.15, -0.1) is 11.3 Å². The van der Waals surface area contributed by atoms with Crippen LogP contribution >= 0.6 is 11.3 Å². The lowest BCUT2D eigenvalue weighted by Gasteiger charge is -2.33. The van der Waals surface area contributed by atoms with Gasteiger partial charge in [0.2, 0.25) is 5.91 Å². The van der Waals surface area contributed by atoms with Crippen molar-refractivity contribution < 1.29 is 14.4 Å². The fraction of sp³-hybridized carbons (Fsp3) is 0.333. The monoisotopic (exact) mass is 387 g/mol. The lowest BCUT2D eigenvalue weighted by Crippen LogP contribution is -2.50. The first kappa shape index (κ1) is 18.8. The SMILES string of the molecule is CC(=O)N1CCN(C(=O)c2csc(NC(=O)Nc3cccc(C)c3)n2)CC1. The second-order valence-corrected chi connectivity index (χ2v) is 7.14. The summed E-state index contributed by atoms with van der Waals surface area (Å²) in [5, 5.41) is 7.36. The highest BCUT2D eigenvalue weighted by Gasteiger charge is 2.25. The Kier molecular flexibility index (Phi) is 5.70. The summed E-state index contributed by atoms with van der Waals surface area (Å²) in [6, 6.07) is 7.04. The van der Waals surface area contributed by atoms with Gasteiger partial charge in [-0.25, -0.2) is 9.78 Å². The van der Waals surface area contributed by atoms with Crippen molar-refractivity contribution in [1.29, 1.82) is 0 Å². The fourth-order valence-corrected chi connectivity index (χ4v) is 3.48. The van der Waals surface area contributed by atoms with E-state index in [4.69, 9.17) is 0 Å². The van der Waals surface area contributed by atoms with E-state index in [-0.39, 0.29) is 11.8 Å². The molecule has 9 heteroatoms. The summed E-state index contributed by atoms with van der Waals surface area (Å²) >= 11 is 1.19. The van der Waals surface area contributed by atoms with E-state index < -0.39 is 6.03 Å². The molecule has 1 aromatic heterocycles. The summed E-state index contributed by atoms with van der Waals surface area (Å²) in [5.74, 6) is -0.177. The summed E-state index contributed by atoms with van der Waals surface area (Å²) in [4.78, 5) is 43.6. The molecular formula is C18H21N5O3S. The molecule has 0 saturated carbocycles. The smallest absolute Gasteiger partial charge is 0.325 e. The fourth-order valence-electron chi connectivity index (χ4n) is 2.80. The van der Waals surface area contributed by atoms with Gasteiger partial charge in [-0.3, -0.25) is 14.9 Å². The van der Waals surface area contributed by atoms with Crippen LogP contribution in [0.25, 0.3) is 0 Å². The Morgan fingerprint density at radius 1 is 1.07 bits per heavy atom. The minimum absolute atomic E-state index is 0.0156. The summed E-state index contributed by atoms with van der Waals surface area (Å²) < 4.78 is 0. The zero-order valence-corrected chi connectivity index (χ0v) is 16.0. The molecule has 2 heterocycles. The number of piperazine rings is 1. The lowest BCUT2D eigenvalue weighted by molar-refractivity contribution is -0.130. The van der Waals surface area contributed by atoms with Crippen molar-refractivity contribution in [2.75, 3.05) is 36.8 Å². The van der Waals surface area contributed by atoms with Crippen molar-refractivity contribution in [3.63, 3.8) is 0 Å². The van der Waals surface area contributed by atoms with Crippen LogP contribution in [0.2, 0.25) is 0 Å². The van der Waals surface area contributed by atoms with Crippen molar-refractivity contribution in [1.82, 2.24) is 14.8 Å². The van der Waals surface area contributed by atoms with Crippen molar-refractivity contribution in [2.24, 2.45) is 0 Å². The number of anilines is 2. The van der Waals surface area contributed by atoms with Crippen LogP contribution in [0.3, 0.4) is 0 Å². The minimum Gasteiger partial charge on any atom is -0.339 e. The van der Waals surface area contributed by atoms with E-state index in [1.165, 1.54) is 18.3 Å². The standard InChI is InChI=1S/C18H21N5O3S/c1-12-4-3-5-14(10-12)19-17(26)21-18-20-15(11-27-18)16(25)23-8-6-22(7-9-23)13(2)24/h3-5,10-11H,6-9H2,1-2H3,(H2,19,20,21,26). The van der Waals surface area contributed by atoms with Crippen LogP contribution in [0.15, 0.2) is 29.6 Å². The first-order chi connectivity index (χ1) is 12.9. The van der Waals surface area contributed by atoms with Crippen molar-refractivity contribution >= 4 is 40.0 Å². The molecule has 0 radical (unpaired) electrons. The van der Waals surface area contributed by atoms with Gasteiger partial charge in [-0.1, -0.05) is 12.1 Å². The van der Waals surface area contributed by atoms with Gasteiger partial charge in [0.1, 0.15) is 5.69 Å². The number of hydrogen-bond donors (Lipinski definition) is 2. The van der Waals surface area contributed by atoms with Crippen LogP contribution in [-0.4, -0.2) is 58.8 Å². The Morgan fingerprint density at radius 3 is 2.44 bits per heavy atom. The molecule has 0 atom stereocenters. The predicted molar refractivity (Wildman–Crippen MR) is 104 cm³/mol. The number of urea groups is 1. The molecule has 2 aromatic rings. The average molecular weight is 387 g/mol. The van der Waals surface area contributed by atoms with E-state index in [9.17, 15) is 14.4 Å². The Hall–Kier alpha value is -2.94. The molecule has 0 bridgehead atoms. The number of amides is 4. The third-order valence-corrected chi connectivity index (χ3v) is 4.99. The Bertz CT molecular complexity index is 858. The van der Waals surface area contributed by atoms with E-state index >= 15 is 0 Å². The molecule has 1 aromatic carbocycles. The van der Waals surface area contributed by atoms with Crippen molar-refractivity contribution in [3.05, 3.63) is 40.9 Å².